The summed E-state index contributed by atoms with van der Waals surface area (Å²) < 4.78 is 5.86. The molecule has 0 aliphatic carbocycles. The molecule has 2 N–H and O–H groups in total. The minimum atomic E-state index is 0.0947. The highest BCUT2D eigenvalue weighted by Crippen LogP contribution is 2.25. The zero-order valence-electron chi connectivity index (χ0n) is 16.3. The van der Waals surface area contributed by atoms with Gasteiger partial charge in [0.25, 0.3) is 0 Å². The molecule has 3 rings (SSSR count). The Morgan fingerprint density at radius 2 is 2.04 bits per heavy atom. The van der Waals surface area contributed by atoms with E-state index in [2.05, 4.69) is 17.6 Å². The van der Waals surface area contributed by atoms with Crippen molar-refractivity contribution in [2.24, 2.45) is 11.8 Å². The van der Waals surface area contributed by atoms with Gasteiger partial charge in [0.1, 0.15) is 12.4 Å². The molecule has 1 amide bonds. The molecule has 1 aliphatic rings. The fraction of sp³-hybridized carbons (Fsp3) is 0.435. The lowest BCUT2D eigenvalue weighted by molar-refractivity contribution is -0.117. The highest BCUT2D eigenvalue weighted by Gasteiger charge is 2.22. The van der Waals surface area contributed by atoms with Crippen LogP contribution in [0, 0.1) is 18.8 Å². The van der Waals surface area contributed by atoms with Crippen LogP contribution in [-0.4, -0.2) is 19.0 Å². The van der Waals surface area contributed by atoms with E-state index >= 15 is 0 Å². The molecule has 0 radical (unpaired) electrons. The average molecular weight is 367 g/mol. The van der Waals surface area contributed by atoms with E-state index in [0.29, 0.717) is 24.9 Å². The predicted octanol–water partition coefficient (Wildman–Crippen LogP) is 4.54. The van der Waals surface area contributed by atoms with Crippen LogP contribution in [0.4, 0.5) is 5.69 Å². The van der Waals surface area contributed by atoms with Crippen LogP contribution in [0.2, 0.25) is 0 Å². The third-order valence-electron chi connectivity index (χ3n) is 5.50. The molecule has 2 unspecified atom stereocenters. The molecule has 1 heterocycles. The van der Waals surface area contributed by atoms with Gasteiger partial charge >= 0.3 is 0 Å². The Labute approximate surface area is 162 Å². The Morgan fingerprint density at radius 1 is 1.22 bits per heavy atom. The molecule has 2 atom stereocenters. The van der Waals surface area contributed by atoms with Gasteiger partial charge < -0.3 is 15.4 Å². The normalized spacial score (nSPS) is 17.9. The molecule has 144 valence electrons. The summed E-state index contributed by atoms with van der Waals surface area (Å²) in [7, 11) is 0. The second kappa shape index (κ2) is 9.56. The number of piperidine rings is 1. The number of anilines is 1. The van der Waals surface area contributed by atoms with E-state index in [4.69, 9.17) is 4.74 Å². The van der Waals surface area contributed by atoms with Gasteiger partial charge in [-0.1, -0.05) is 37.3 Å². The highest BCUT2D eigenvalue weighted by atomic mass is 16.5. The van der Waals surface area contributed by atoms with E-state index < -0.39 is 0 Å². The van der Waals surface area contributed by atoms with E-state index in [0.717, 1.165) is 35.7 Å². The lowest BCUT2D eigenvalue weighted by Gasteiger charge is -2.28. The molecule has 2 aromatic carbocycles. The number of hydrogen-bond donors (Lipinski definition) is 2. The van der Waals surface area contributed by atoms with Gasteiger partial charge in [-0.3, -0.25) is 4.79 Å². The fourth-order valence-corrected chi connectivity index (χ4v) is 3.68. The summed E-state index contributed by atoms with van der Waals surface area (Å²) in [6.07, 6.45) is 2.99. The van der Waals surface area contributed by atoms with Crippen molar-refractivity contribution in [1.82, 2.24) is 5.32 Å². The van der Waals surface area contributed by atoms with Crippen molar-refractivity contribution in [3.8, 4) is 5.75 Å². The molecule has 4 heteroatoms. The highest BCUT2D eigenvalue weighted by molar-refractivity contribution is 5.91. The lowest BCUT2D eigenvalue weighted by atomic mass is 9.85. The Bertz CT molecular complexity index is 739. The van der Waals surface area contributed by atoms with E-state index in [-0.39, 0.29) is 5.91 Å². The van der Waals surface area contributed by atoms with Gasteiger partial charge in [-0.25, -0.2) is 0 Å². The van der Waals surface area contributed by atoms with Crippen LogP contribution in [-0.2, 0) is 11.4 Å². The summed E-state index contributed by atoms with van der Waals surface area (Å²) in [6.45, 7) is 6.85. The van der Waals surface area contributed by atoms with Gasteiger partial charge in [0.15, 0.2) is 0 Å². The standard InChI is InChI=1S/C23H30N2O2/c1-17(19-9-7-13-24-15-19)14-23(26)25-22-12-6-8-20(18(22)2)16-27-21-10-4-3-5-11-21/h3-6,8,10-12,17,19,24H,7,9,13-16H2,1-2H3,(H,25,26). The average Bonchev–Trinajstić information content (AvgIpc) is 2.70. The van der Waals surface area contributed by atoms with Crippen LogP contribution in [0.5, 0.6) is 5.75 Å². The topological polar surface area (TPSA) is 50.4 Å². The van der Waals surface area contributed by atoms with E-state index in [1.807, 2.05) is 55.5 Å². The molecule has 4 nitrogen and oxygen atoms in total. The van der Waals surface area contributed by atoms with Crippen LogP contribution >= 0.6 is 0 Å². The molecule has 2 aromatic rings. The van der Waals surface area contributed by atoms with Crippen LogP contribution < -0.4 is 15.4 Å². The fourth-order valence-electron chi connectivity index (χ4n) is 3.68. The maximum absolute atomic E-state index is 12.5. The first-order valence-electron chi connectivity index (χ1n) is 9.90. The smallest absolute Gasteiger partial charge is 0.224 e. The van der Waals surface area contributed by atoms with Crippen LogP contribution in [0.3, 0.4) is 0 Å². The Hall–Kier alpha value is -2.33. The van der Waals surface area contributed by atoms with Crippen molar-refractivity contribution >= 4 is 11.6 Å². The second-order valence-electron chi connectivity index (χ2n) is 7.53. The Balaban J connectivity index is 1.57. The van der Waals surface area contributed by atoms with Crippen molar-refractivity contribution in [2.75, 3.05) is 18.4 Å². The third-order valence-corrected chi connectivity index (χ3v) is 5.50. The Morgan fingerprint density at radius 3 is 2.78 bits per heavy atom. The van der Waals surface area contributed by atoms with Gasteiger partial charge in [0, 0.05) is 12.1 Å². The summed E-state index contributed by atoms with van der Waals surface area (Å²) in [6, 6.07) is 15.8. The van der Waals surface area contributed by atoms with Crippen molar-refractivity contribution in [3.05, 3.63) is 59.7 Å². The monoisotopic (exact) mass is 366 g/mol. The van der Waals surface area contributed by atoms with Crippen molar-refractivity contribution in [1.29, 1.82) is 0 Å². The minimum absolute atomic E-state index is 0.0947. The second-order valence-corrected chi connectivity index (χ2v) is 7.53. The first kappa shape index (κ1) is 19.4. The van der Waals surface area contributed by atoms with E-state index in [1.165, 1.54) is 12.8 Å². The summed E-state index contributed by atoms with van der Waals surface area (Å²) in [5.41, 5.74) is 3.03. The number of hydrogen-bond acceptors (Lipinski definition) is 3. The molecule has 0 aromatic heterocycles. The zero-order chi connectivity index (χ0) is 19.1. The van der Waals surface area contributed by atoms with E-state index in [1.54, 1.807) is 0 Å². The zero-order valence-corrected chi connectivity index (χ0v) is 16.3. The number of benzene rings is 2. The number of rotatable bonds is 7. The molecule has 27 heavy (non-hydrogen) atoms. The van der Waals surface area contributed by atoms with Gasteiger partial charge in [0.2, 0.25) is 5.91 Å². The number of amides is 1. The largest absolute Gasteiger partial charge is 0.489 e. The van der Waals surface area contributed by atoms with Crippen molar-refractivity contribution < 1.29 is 9.53 Å². The van der Waals surface area contributed by atoms with Gasteiger partial charge in [-0.2, -0.15) is 0 Å². The summed E-state index contributed by atoms with van der Waals surface area (Å²) in [4.78, 5) is 12.5. The third kappa shape index (κ3) is 5.57. The van der Waals surface area contributed by atoms with Crippen LogP contribution in [0.15, 0.2) is 48.5 Å². The van der Waals surface area contributed by atoms with Crippen LogP contribution in [0.25, 0.3) is 0 Å². The number of ether oxygens (including phenoxy) is 1. The first-order chi connectivity index (χ1) is 13.1. The first-order valence-corrected chi connectivity index (χ1v) is 9.90. The van der Waals surface area contributed by atoms with Crippen molar-refractivity contribution in [3.63, 3.8) is 0 Å². The SMILES string of the molecule is Cc1c(COc2ccccc2)cccc1NC(=O)CC(C)C1CCCNC1. The summed E-state index contributed by atoms with van der Waals surface area (Å²) in [5, 5.41) is 6.54. The molecule has 0 bridgehead atoms. The quantitative estimate of drug-likeness (QED) is 0.756. The molecule has 1 aliphatic heterocycles. The van der Waals surface area contributed by atoms with E-state index in [9.17, 15) is 4.79 Å². The molecule has 1 saturated heterocycles. The summed E-state index contributed by atoms with van der Waals surface area (Å²) >= 11 is 0. The lowest BCUT2D eigenvalue weighted by Crippen LogP contribution is -2.34. The minimum Gasteiger partial charge on any atom is -0.489 e. The molecule has 0 spiro atoms. The van der Waals surface area contributed by atoms with Gasteiger partial charge in [0.05, 0.1) is 0 Å². The maximum Gasteiger partial charge on any atom is 0.224 e. The number of carbonyl (C=O) groups excluding carboxylic acids is 1. The summed E-state index contributed by atoms with van der Waals surface area (Å²) in [5.74, 6) is 1.93. The van der Waals surface area contributed by atoms with Crippen LogP contribution in [0.1, 0.15) is 37.3 Å². The van der Waals surface area contributed by atoms with Gasteiger partial charge in [-0.05, 0) is 74.0 Å². The number of nitrogens with one attached hydrogen (secondary N) is 2. The van der Waals surface area contributed by atoms with Crippen molar-refractivity contribution in [2.45, 2.75) is 39.7 Å². The maximum atomic E-state index is 12.5. The Kier molecular flexibility index (Phi) is 6.88. The predicted molar refractivity (Wildman–Crippen MR) is 110 cm³/mol. The molecular formula is C23H30N2O2. The number of para-hydroxylation sites is 1. The molecule has 1 fully saturated rings. The molecule has 0 saturated carbocycles. The van der Waals surface area contributed by atoms with Gasteiger partial charge in [-0.15, -0.1) is 0 Å². The number of carbonyl (C=O) groups is 1. The molecular weight excluding hydrogens is 336 g/mol.